The summed E-state index contributed by atoms with van der Waals surface area (Å²) in [5.74, 6) is -0.602. The maximum atomic E-state index is 13.5. The summed E-state index contributed by atoms with van der Waals surface area (Å²) in [5.41, 5.74) is 1.47. The van der Waals surface area contributed by atoms with Crippen LogP contribution in [-0.4, -0.2) is 6.03 Å². The SMILES string of the molecule is Cc1ccc(NC(=O)Nc2ccc(Cl)cc2F)cc1Cl. The van der Waals surface area contributed by atoms with Gasteiger partial charge in [0.2, 0.25) is 0 Å². The van der Waals surface area contributed by atoms with E-state index in [2.05, 4.69) is 10.6 Å². The van der Waals surface area contributed by atoms with Crippen molar-refractivity contribution in [3.05, 3.63) is 57.8 Å². The molecule has 0 aliphatic carbocycles. The van der Waals surface area contributed by atoms with Gasteiger partial charge in [0, 0.05) is 15.7 Å². The van der Waals surface area contributed by atoms with Gasteiger partial charge in [-0.25, -0.2) is 9.18 Å². The van der Waals surface area contributed by atoms with Crippen LogP contribution in [0.1, 0.15) is 5.56 Å². The van der Waals surface area contributed by atoms with Crippen molar-refractivity contribution in [2.24, 2.45) is 0 Å². The number of benzene rings is 2. The van der Waals surface area contributed by atoms with Crippen LogP contribution in [0.2, 0.25) is 10.0 Å². The Morgan fingerprint density at radius 2 is 1.85 bits per heavy atom. The molecular weight excluding hydrogens is 302 g/mol. The van der Waals surface area contributed by atoms with E-state index in [0.717, 1.165) is 11.6 Å². The van der Waals surface area contributed by atoms with E-state index in [4.69, 9.17) is 23.2 Å². The van der Waals surface area contributed by atoms with Gasteiger partial charge in [0.1, 0.15) is 5.82 Å². The average molecular weight is 313 g/mol. The molecule has 2 rings (SSSR count). The Bertz CT molecular complexity index is 662. The number of hydrogen-bond acceptors (Lipinski definition) is 1. The van der Waals surface area contributed by atoms with Crippen LogP contribution in [0.4, 0.5) is 20.6 Å². The van der Waals surface area contributed by atoms with Crippen LogP contribution in [-0.2, 0) is 0 Å². The third kappa shape index (κ3) is 3.62. The van der Waals surface area contributed by atoms with Gasteiger partial charge in [-0.15, -0.1) is 0 Å². The van der Waals surface area contributed by atoms with Gasteiger partial charge in [0.05, 0.1) is 5.69 Å². The zero-order chi connectivity index (χ0) is 14.7. The first-order chi connectivity index (χ1) is 9.45. The van der Waals surface area contributed by atoms with Crippen LogP contribution in [0, 0.1) is 12.7 Å². The normalized spacial score (nSPS) is 10.2. The molecule has 0 aliphatic heterocycles. The fourth-order valence-electron chi connectivity index (χ4n) is 1.55. The molecule has 2 amide bonds. The smallest absolute Gasteiger partial charge is 0.308 e. The van der Waals surface area contributed by atoms with E-state index in [1.807, 2.05) is 6.92 Å². The van der Waals surface area contributed by atoms with E-state index in [-0.39, 0.29) is 10.7 Å². The molecule has 0 saturated carbocycles. The number of rotatable bonds is 2. The van der Waals surface area contributed by atoms with Gasteiger partial charge in [-0.05, 0) is 42.8 Å². The molecule has 0 aliphatic rings. The maximum absolute atomic E-state index is 13.5. The van der Waals surface area contributed by atoms with Crippen LogP contribution in [0.15, 0.2) is 36.4 Å². The number of nitrogens with one attached hydrogen (secondary N) is 2. The Kier molecular flexibility index (Phi) is 4.47. The van der Waals surface area contributed by atoms with Crippen molar-refractivity contribution in [2.75, 3.05) is 10.6 Å². The monoisotopic (exact) mass is 312 g/mol. The highest BCUT2D eigenvalue weighted by atomic mass is 35.5. The lowest BCUT2D eigenvalue weighted by atomic mass is 10.2. The van der Waals surface area contributed by atoms with Crippen LogP contribution in [0.3, 0.4) is 0 Å². The van der Waals surface area contributed by atoms with Crippen LogP contribution < -0.4 is 10.6 Å². The molecule has 0 spiro atoms. The lowest BCUT2D eigenvalue weighted by molar-refractivity contribution is 0.262. The zero-order valence-corrected chi connectivity index (χ0v) is 12.0. The van der Waals surface area contributed by atoms with Gasteiger partial charge >= 0.3 is 6.03 Å². The van der Waals surface area contributed by atoms with Crippen LogP contribution in [0.5, 0.6) is 0 Å². The largest absolute Gasteiger partial charge is 0.323 e. The minimum absolute atomic E-state index is 0.0464. The molecule has 0 bridgehead atoms. The molecule has 104 valence electrons. The lowest BCUT2D eigenvalue weighted by Crippen LogP contribution is -2.20. The first-order valence-electron chi connectivity index (χ1n) is 5.75. The molecule has 2 N–H and O–H groups in total. The Morgan fingerprint density at radius 3 is 2.50 bits per heavy atom. The topological polar surface area (TPSA) is 41.1 Å². The molecule has 0 aromatic heterocycles. The molecule has 3 nitrogen and oxygen atoms in total. The second-order valence-electron chi connectivity index (χ2n) is 4.17. The lowest BCUT2D eigenvalue weighted by Gasteiger charge is -2.09. The molecule has 0 fully saturated rings. The molecule has 0 radical (unpaired) electrons. The number of halogens is 3. The number of aryl methyl sites for hydroxylation is 1. The number of urea groups is 1. The standard InChI is InChI=1S/C14H11Cl2FN2O/c1-8-2-4-10(7-11(8)16)18-14(20)19-13-5-3-9(15)6-12(13)17/h2-7H,1H3,(H2,18,19,20). The van der Waals surface area contributed by atoms with Gasteiger partial charge in [0.25, 0.3) is 0 Å². The quantitative estimate of drug-likeness (QED) is 0.797. The molecule has 0 heterocycles. The Balaban J connectivity index is 2.07. The van der Waals surface area contributed by atoms with Crippen LogP contribution >= 0.6 is 23.2 Å². The summed E-state index contributed by atoms with van der Waals surface area (Å²) in [6, 6.07) is 8.54. The van der Waals surface area contributed by atoms with E-state index in [0.29, 0.717) is 10.7 Å². The zero-order valence-electron chi connectivity index (χ0n) is 10.5. The molecule has 0 unspecified atom stereocenters. The Morgan fingerprint density at radius 1 is 1.10 bits per heavy atom. The maximum Gasteiger partial charge on any atom is 0.323 e. The van der Waals surface area contributed by atoms with Gasteiger partial charge < -0.3 is 10.6 Å². The minimum atomic E-state index is -0.602. The summed E-state index contributed by atoms with van der Waals surface area (Å²) in [6.07, 6.45) is 0. The first-order valence-corrected chi connectivity index (χ1v) is 6.50. The van der Waals surface area contributed by atoms with Crippen molar-refractivity contribution in [3.8, 4) is 0 Å². The molecule has 2 aromatic carbocycles. The van der Waals surface area contributed by atoms with Crippen molar-refractivity contribution < 1.29 is 9.18 Å². The summed E-state index contributed by atoms with van der Waals surface area (Å²) < 4.78 is 13.5. The number of carbonyl (C=O) groups is 1. The first kappa shape index (κ1) is 14.6. The van der Waals surface area contributed by atoms with Gasteiger partial charge in [-0.1, -0.05) is 29.3 Å². The number of amides is 2. The summed E-state index contributed by atoms with van der Waals surface area (Å²) in [6.45, 7) is 1.86. The number of hydrogen-bond donors (Lipinski definition) is 2. The summed E-state index contributed by atoms with van der Waals surface area (Å²) in [7, 11) is 0. The highest BCUT2D eigenvalue weighted by Crippen LogP contribution is 2.21. The van der Waals surface area contributed by atoms with Gasteiger partial charge in [-0.3, -0.25) is 0 Å². The summed E-state index contributed by atoms with van der Waals surface area (Å²) in [5, 5.41) is 5.76. The van der Waals surface area contributed by atoms with Gasteiger partial charge in [-0.2, -0.15) is 0 Å². The highest BCUT2D eigenvalue weighted by Gasteiger charge is 2.08. The molecule has 2 aromatic rings. The summed E-state index contributed by atoms with van der Waals surface area (Å²) >= 11 is 11.6. The highest BCUT2D eigenvalue weighted by molar-refractivity contribution is 6.31. The van der Waals surface area contributed by atoms with Crippen molar-refractivity contribution in [1.82, 2.24) is 0 Å². The molecule has 6 heteroatoms. The average Bonchev–Trinajstić information content (AvgIpc) is 2.37. The van der Waals surface area contributed by atoms with Crippen LogP contribution in [0.25, 0.3) is 0 Å². The van der Waals surface area contributed by atoms with Crippen molar-refractivity contribution >= 4 is 40.6 Å². The fourth-order valence-corrected chi connectivity index (χ4v) is 1.89. The Labute approximate surface area is 125 Å². The van der Waals surface area contributed by atoms with Crippen molar-refractivity contribution in [2.45, 2.75) is 6.92 Å². The molecule has 0 saturated heterocycles. The second-order valence-corrected chi connectivity index (χ2v) is 5.01. The van der Waals surface area contributed by atoms with Crippen molar-refractivity contribution in [3.63, 3.8) is 0 Å². The van der Waals surface area contributed by atoms with E-state index in [9.17, 15) is 9.18 Å². The number of anilines is 2. The van der Waals surface area contributed by atoms with E-state index < -0.39 is 11.8 Å². The molecule has 20 heavy (non-hydrogen) atoms. The molecule has 0 atom stereocenters. The van der Waals surface area contributed by atoms with Crippen molar-refractivity contribution in [1.29, 1.82) is 0 Å². The van der Waals surface area contributed by atoms with E-state index >= 15 is 0 Å². The minimum Gasteiger partial charge on any atom is -0.308 e. The summed E-state index contributed by atoms with van der Waals surface area (Å²) in [4.78, 5) is 11.8. The predicted octanol–water partition coefficient (Wildman–Crippen LogP) is 5.08. The molecular formula is C14H11Cl2FN2O. The third-order valence-electron chi connectivity index (χ3n) is 2.61. The number of carbonyl (C=O) groups excluding carboxylic acids is 1. The predicted molar refractivity (Wildman–Crippen MR) is 80.2 cm³/mol. The van der Waals surface area contributed by atoms with E-state index in [1.165, 1.54) is 12.1 Å². The van der Waals surface area contributed by atoms with E-state index in [1.54, 1.807) is 18.2 Å². The van der Waals surface area contributed by atoms with Gasteiger partial charge in [0.15, 0.2) is 0 Å². The Hall–Kier alpha value is -1.78. The third-order valence-corrected chi connectivity index (χ3v) is 3.25. The fraction of sp³-hybridized carbons (Fsp3) is 0.0714. The second kappa shape index (κ2) is 6.11.